The Kier molecular flexibility index (Phi) is 6.43. The van der Waals surface area contributed by atoms with Crippen molar-refractivity contribution in [1.29, 1.82) is 0 Å². The lowest BCUT2D eigenvalue weighted by molar-refractivity contribution is 0.328. The Hall–Kier alpha value is -0.480. The minimum atomic E-state index is 0.226. The van der Waals surface area contributed by atoms with Gasteiger partial charge in [-0.3, -0.25) is 4.68 Å². The first-order chi connectivity index (χ1) is 9.69. The first-order valence-electron chi connectivity index (χ1n) is 8.10. The van der Waals surface area contributed by atoms with E-state index in [-0.39, 0.29) is 6.04 Å². The van der Waals surface area contributed by atoms with Gasteiger partial charge in [-0.25, -0.2) is 0 Å². The van der Waals surface area contributed by atoms with Crippen LogP contribution in [-0.2, 0) is 6.42 Å². The second-order valence-electron chi connectivity index (χ2n) is 6.10. The Balaban J connectivity index is 1.79. The maximum Gasteiger partial charge on any atom is 0.0640 e. The molecule has 2 N–H and O–H groups in total. The van der Waals surface area contributed by atoms with E-state index in [0.29, 0.717) is 11.3 Å². The van der Waals surface area contributed by atoms with Crippen LogP contribution in [0.1, 0.15) is 64.1 Å². The van der Waals surface area contributed by atoms with Crippen LogP contribution in [0, 0.1) is 0 Å². The van der Waals surface area contributed by atoms with Crippen molar-refractivity contribution in [2.24, 2.45) is 5.73 Å². The molecule has 2 atom stereocenters. The van der Waals surface area contributed by atoms with E-state index in [1.165, 1.54) is 38.5 Å². The molecule has 1 saturated carbocycles. The molecule has 0 spiro atoms. The average molecular weight is 295 g/mol. The molecule has 1 aliphatic rings. The largest absolute Gasteiger partial charge is 0.327 e. The highest BCUT2D eigenvalue weighted by Gasteiger charge is 2.16. The summed E-state index contributed by atoms with van der Waals surface area (Å²) >= 11 is 1.98. The van der Waals surface area contributed by atoms with E-state index in [9.17, 15) is 0 Å². The number of nitrogens with two attached hydrogens (primary N) is 1. The van der Waals surface area contributed by atoms with Crippen molar-refractivity contribution in [3.8, 4) is 0 Å². The standard InChI is InChI=1S/C16H29N3S/c1-3-13(2)20-12-14(17)11-15-9-10-19(18-15)16-7-5-4-6-8-16/h9-10,13-14,16H,3-8,11-12,17H2,1-2H3. The predicted molar refractivity (Wildman–Crippen MR) is 88.2 cm³/mol. The highest BCUT2D eigenvalue weighted by molar-refractivity contribution is 7.99. The molecule has 0 aliphatic heterocycles. The fourth-order valence-electron chi connectivity index (χ4n) is 2.77. The summed E-state index contributed by atoms with van der Waals surface area (Å²) in [7, 11) is 0. The van der Waals surface area contributed by atoms with Crippen LogP contribution in [0.25, 0.3) is 0 Å². The second kappa shape index (κ2) is 8.08. The molecule has 1 fully saturated rings. The smallest absolute Gasteiger partial charge is 0.0640 e. The van der Waals surface area contributed by atoms with Gasteiger partial charge >= 0.3 is 0 Å². The first-order valence-corrected chi connectivity index (χ1v) is 9.15. The number of thioether (sulfide) groups is 1. The van der Waals surface area contributed by atoms with Crippen molar-refractivity contribution >= 4 is 11.8 Å². The Morgan fingerprint density at radius 2 is 2.15 bits per heavy atom. The van der Waals surface area contributed by atoms with Crippen molar-refractivity contribution in [3.05, 3.63) is 18.0 Å². The molecule has 1 aromatic rings. The maximum atomic E-state index is 6.23. The Morgan fingerprint density at radius 3 is 2.85 bits per heavy atom. The van der Waals surface area contributed by atoms with E-state index in [1.54, 1.807) is 0 Å². The minimum absolute atomic E-state index is 0.226. The van der Waals surface area contributed by atoms with Crippen molar-refractivity contribution in [2.75, 3.05) is 5.75 Å². The van der Waals surface area contributed by atoms with Crippen molar-refractivity contribution in [1.82, 2.24) is 9.78 Å². The lowest BCUT2D eigenvalue weighted by Crippen LogP contribution is -2.27. The van der Waals surface area contributed by atoms with Crippen LogP contribution in [-0.4, -0.2) is 26.8 Å². The van der Waals surface area contributed by atoms with E-state index >= 15 is 0 Å². The summed E-state index contributed by atoms with van der Waals surface area (Å²) in [5, 5.41) is 5.46. The van der Waals surface area contributed by atoms with E-state index < -0.39 is 0 Å². The molecule has 1 heterocycles. The van der Waals surface area contributed by atoms with E-state index in [2.05, 4.69) is 30.8 Å². The molecule has 2 rings (SSSR count). The van der Waals surface area contributed by atoms with Gasteiger partial charge in [-0.1, -0.05) is 33.1 Å². The Bertz CT molecular complexity index is 385. The molecule has 0 saturated heterocycles. The first kappa shape index (κ1) is 15.9. The third kappa shape index (κ3) is 4.81. The van der Waals surface area contributed by atoms with Crippen LogP contribution in [0.2, 0.25) is 0 Å². The summed E-state index contributed by atoms with van der Waals surface area (Å²) in [5.41, 5.74) is 7.39. The minimum Gasteiger partial charge on any atom is -0.327 e. The molecule has 0 aromatic carbocycles. The van der Waals surface area contributed by atoms with Gasteiger partial charge in [-0.15, -0.1) is 0 Å². The van der Waals surface area contributed by atoms with Gasteiger partial charge in [0.25, 0.3) is 0 Å². The molecule has 114 valence electrons. The molecule has 3 nitrogen and oxygen atoms in total. The van der Waals surface area contributed by atoms with Crippen LogP contribution in [0.5, 0.6) is 0 Å². The molecule has 2 unspecified atom stereocenters. The molecule has 1 aliphatic carbocycles. The van der Waals surface area contributed by atoms with Crippen LogP contribution in [0.3, 0.4) is 0 Å². The second-order valence-corrected chi connectivity index (χ2v) is 7.57. The lowest BCUT2D eigenvalue weighted by Gasteiger charge is -2.21. The Labute approximate surface area is 127 Å². The number of hydrogen-bond donors (Lipinski definition) is 1. The van der Waals surface area contributed by atoms with Crippen molar-refractivity contribution in [3.63, 3.8) is 0 Å². The van der Waals surface area contributed by atoms with Crippen molar-refractivity contribution < 1.29 is 0 Å². The van der Waals surface area contributed by atoms with Gasteiger partial charge < -0.3 is 5.73 Å². The van der Waals surface area contributed by atoms with Gasteiger partial charge in [-0.05, 0) is 25.3 Å². The van der Waals surface area contributed by atoms with E-state index in [4.69, 9.17) is 10.8 Å². The van der Waals surface area contributed by atoms with Crippen LogP contribution in [0.15, 0.2) is 12.3 Å². The molecule has 4 heteroatoms. The van der Waals surface area contributed by atoms with Gasteiger partial charge in [0.05, 0.1) is 11.7 Å². The number of aromatic nitrogens is 2. The van der Waals surface area contributed by atoms with Gasteiger partial charge in [0.15, 0.2) is 0 Å². The summed E-state index contributed by atoms with van der Waals surface area (Å²) in [5.74, 6) is 1.03. The summed E-state index contributed by atoms with van der Waals surface area (Å²) in [6, 6.07) is 3.01. The summed E-state index contributed by atoms with van der Waals surface area (Å²) < 4.78 is 2.18. The van der Waals surface area contributed by atoms with Crippen LogP contribution in [0.4, 0.5) is 0 Å². The number of rotatable bonds is 7. The average Bonchev–Trinajstić information content (AvgIpc) is 2.94. The van der Waals surface area contributed by atoms with Gasteiger partial charge in [0.2, 0.25) is 0 Å². The fourth-order valence-corrected chi connectivity index (χ4v) is 3.70. The normalized spacial score (nSPS) is 19.9. The summed E-state index contributed by atoms with van der Waals surface area (Å²) in [6.07, 6.45) is 10.9. The molecular formula is C16H29N3S. The third-order valence-corrected chi connectivity index (χ3v) is 5.78. The topological polar surface area (TPSA) is 43.8 Å². The molecule has 0 radical (unpaired) electrons. The van der Waals surface area contributed by atoms with Crippen LogP contribution < -0.4 is 5.73 Å². The number of hydrogen-bond acceptors (Lipinski definition) is 3. The SMILES string of the molecule is CCC(C)SCC(N)Cc1ccn(C2CCCCC2)n1. The lowest BCUT2D eigenvalue weighted by atomic mass is 9.96. The van der Waals surface area contributed by atoms with Crippen molar-refractivity contribution in [2.45, 2.75) is 76.1 Å². The zero-order valence-corrected chi connectivity index (χ0v) is 13.7. The summed E-state index contributed by atoms with van der Waals surface area (Å²) in [4.78, 5) is 0. The number of nitrogens with zero attached hydrogens (tertiary/aromatic N) is 2. The van der Waals surface area contributed by atoms with Gasteiger partial charge in [0.1, 0.15) is 0 Å². The Morgan fingerprint density at radius 1 is 1.40 bits per heavy atom. The molecular weight excluding hydrogens is 266 g/mol. The van der Waals surface area contributed by atoms with Gasteiger partial charge in [0, 0.05) is 29.7 Å². The molecule has 0 bridgehead atoms. The zero-order chi connectivity index (χ0) is 14.4. The predicted octanol–water partition coefficient (Wildman–Crippen LogP) is 3.79. The van der Waals surface area contributed by atoms with Crippen LogP contribution >= 0.6 is 11.8 Å². The van der Waals surface area contributed by atoms with E-state index in [1.807, 2.05) is 11.8 Å². The highest BCUT2D eigenvalue weighted by Crippen LogP contribution is 2.27. The monoisotopic (exact) mass is 295 g/mol. The zero-order valence-electron chi connectivity index (χ0n) is 12.9. The fraction of sp³-hybridized carbons (Fsp3) is 0.812. The molecule has 1 aromatic heterocycles. The molecule has 0 amide bonds. The quantitative estimate of drug-likeness (QED) is 0.832. The maximum absolute atomic E-state index is 6.23. The van der Waals surface area contributed by atoms with E-state index in [0.717, 1.165) is 17.9 Å². The molecule has 20 heavy (non-hydrogen) atoms. The third-order valence-electron chi connectivity index (χ3n) is 4.25. The highest BCUT2D eigenvalue weighted by atomic mass is 32.2. The van der Waals surface area contributed by atoms with Gasteiger partial charge in [-0.2, -0.15) is 16.9 Å². The summed E-state index contributed by atoms with van der Waals surface area (Å²) in [6.45, 7) is 4.50.